The van der Waals surface area contributed by atoms with E-state index in [0.717, 1.165) is 36.1 Å². The third kappa shape index (κ3) is 5.27. The minimum absolute atomic E-state index is 0. The summed E-state index contributed by atoms with van der Waals surface area (Å²) in [6.45, 7) is 0. The quantitative estimate of drug-likeness (QED) is 0.731. The molecule has 0 aliphatic heterocycles. The van der Waals surface area contributed by atoms with Crippen molar-refractivity contribution in [2.75, 3.05) is 5.73 Å². The van der Waals surface area contributed by atoms with Crippen LogP contribution in [0.4, 0.5) is 18.9 Å². The molecule has 5 nitrogen and oxygen atoms in total. The normalized spacial score (nSPS) is 16.9. The van der Waals surface area contributed by atoms with E-state index in [1.165, 1.54) is 12.1 Å². The SMILES string of the molecule is Cl.Nc1ccc2c(c1)CCCC2NS(=O)(=O)c1cccc(OC(F)(F)F)c1. The number of anilines is 1. The highest BCUT2D eigenvalue weighted by molar-refractivity contribution is 7.89. The number of aryl methyl sites for hydroxylation is 1. The van der Waals surface area contributed by atoms with E-state index in [4.69, 9.17) is 5.73 Å². The van der Waals surface area contributed by atoms with Crippen LogP contribution in [0.5, 0.6) is 5.75 Å². The maximum absolute atomic E-state index is 12.6. The van der Waals surface area contributed by atoms with Crippen LogP contribution in [0.3, 0.4) is 0 Å². The van der Waals surface area contributed by atoms with Crippen molar-refractivity contribution >= 4 is 28.1 Å². The van der Waals surface area contributed by atoms with Gasteiger partial charge in [0.05, 0.1) is 4.90 Å². The van der Waals surface area contributed by atoms with Gasteiger partial charge < -0.3 is 10.5 Å². The van der Waals surface area contributed by atoms with Gasteiger partial charge in [-0.3, -0.25) is 0 Å². The second-order valence-electron chi connectivity index (χ2n) is 6.05. The number of alkyl halides is 3. The zero-order valence-electron chi connectivity index (χ0n) is 14.0. The molecule has 27 heavy (non-hydrogen) atoms. The Morgan fingerprint density at radius 1 is 1.15 bits per heavy atom. The number of hydrogen-bond donors (Lipinski definition) is 2. The Hall–Kier alpha value is -1.97. The summed E-state index contributed by atoms with van der Waals surface area (Å²) in [4.78, 5) is -0.290. The van der Waals surface area contributed by atoms with Crippen molar-refractivity contribution in [3.8, 4) is 5.75 Å². The van der Waals surface area contributed by atoms with Crippen LogP contribution in [0.25, 0.3) is 0 Å². The molecule has 1 aliphatic carbocycles. The van der Waals surface area contributed by atoms with Crippen molar-refractivity contribution in [2.45, 2.75) is 36.6 Å². The van der Waals surface area contributed by atoms with Gasteiger partial charge in [-0.15, -0.1) is 25.6 Å². The Labute approximate surface area is 161 Å². The number of benzene rings is 2. The van der Waals surface area contributed by atoms with Gasteiger partial charge in [0.1, 0.15) is 5.75 Å². The van der Waals surface area contributed by atoms with Crippen LogP contribution >= 0.6 is 12.4 Å². The fraction of sp³-hybridized carbons (Fsp3) is 0.294. The van der Waals surface area contributed by atoms with E-state index in [9.17, 15) is 21.6 Å². The summed E-state index contributed by atoms with van der Waals surface area (Å²) in [5.74, 6) is -0.586. The second-order valence-corrected chi connectivity index (χ2v) is 7.76. The molecule has 0 amide bonds. The van der Waals surface area contributed by atoms with Crippen LogP contribution < -0.4 is 15.2 Å². The lowest BCUT2D eigenvalue weighted by Gasteiger charge is -2.26. The van der Waals surface area contributed by atoms with Crippen LogP contribution in [0, 0.1) is 0 Å². The summed E-state index contributed by atoms with van der Waals surface area (Å²) in [7, 11) is -4.02. The summed E-state index contributed by atoms with van der Waals surface area (Å²) in [5.41, 5.74) is 8.17. The van der Waals surface area contributed by atoms with Crippen LogP contribution in [0.15, 0.2) is 47.4 Å². The van der Waals surface area contributed by atoms with Crippen LogP contribution in [0.2, 0.25) is 0 Å². The van der Waals surface area contributed by atoms with Crippen molar-refractivity contribution in [1.82, 2.24) is 4.72 Å². The third-order valence-corrected chi connectivity index (χ3v) is 5.60. The van der Waals surface area contributed by atoms with Gasteiger partial charge in [-0.2, -0.15) is 0 Å². The molecule has 0 saturated heterocycles. The predicted molar refractivity (Wildman–Crippen MR) is 97.2 cm³/mol. The van der Waals surface area contributed by atoms with Crippen LogP contribution in [-0.2, 0) is 16.4 Å². The Morgan fingerprint density at radius 2 is 1.89 bits per heavy atom. The molecular formula is C17H18ClF3N2O3S. The summed E-state index contributed by atoms with van der Waals surface area (Å²) in [6, 6.07) is 9.14. The summed E-state index contributed by atoms with van der Waals surface area (Å²) >= 11 is 0. The number of hydrogen-bond acceptors (Lipinski definition) is 4. The van der Waals surface area contributed by atoms with E-state index in [1.807, 2.05) is 6.07 Å². The molecule has 0 heterocycles. The molecular weight excluding hydrogens is 405 g/mol. The summed E-state index contributed by atoms with van der Waals surface area (Å²) < 4.78 is 68.6. The fourth-order valence-electron chi connectivity index (χ4n) is 3.05. The van der Waals surface area contributed by atoms with E-state index in [2.05, 4.69) is 9.46 Å². The zero-order valence-corrected chi connectivity index (χ0v) is 15.6. The minimum Gasteiger partial charge on any atom is -0.406 e. The van der Waals surface area contributed by atoms with Gasteiger partial charge in [-0.25, -0.2) is 13.1 Å². The molecule has 1 atom stereocenters. The van der Waals surface area contributed by atoms with E-state index in [1.54, 1.807) is 12.1 Å². The lowest BCUT2D eigenvalue weighted by atomic mass is 9.88. The molecule has 148 valence electrons. The molecule has 1 aliphatic rings. The monoisotopic (exact) mass is 422 g/mol. The van der Waals surface area contributed by atoms with Crippen molar-refractivity contribution in [1.29, 1.82) is 0 Å². The molecule has 0 spiro atoms. The number of halogens is 4. The topological polar surface area (TPSA) is 81.4 Å². The maximum atomic E-state index is 12.6. The highest BCUT2D eigenvalue weighted by atomic mass is 35.5. The number of ether oxygens (including phenoxy) is 1. The molecule has 0 radical (unpaired) electrons. The van der Waals surface area contributed by atoms with Crippen molar-refractivity contribution in [3.63, 3.8) is 0 Å². The first-order valence-electron chi connectivity index (χ1n) is 7.90. The average Bonchev–Trinajstić information content (AvgIpc) is 2.53. The maximum Gasteiger partial charge on any atom is 0.573 e. The zero-order chi connectivity index (χ0) is 18.9. The molecule has 3 N–H and O–H groups in total. The highest BCUT2D eigenvalue weighted by Crippen LogP contribution is 2.32. The number of sulfonamides is 1. The van der Waals surface area contributed by atoms with Crippen molar-refractivity contribution in [2.24, 2.45) is 0 Å². The average molecular weight is 423 g/mol. The lowest BCUT2D eigenvalue weighted by molar-refractivity contribution is -0.274. The number of nitrogens with one attached hydrogen (secondary N) is 1. The molecule has 2 aromatic carbocycles. The first-order chi connectivity index (χ1) is 12.1. The summed E-state index contributed by atoms with van der Waals surface area (Å²) in [6.07, 6.45) is -2.72. The van der Waals surface area contributed by atoms with Gasteiger partial charge in [-0.1, -0.05) is 12.1 Å². The molecule has 1 unspecified atom stereocenters. The Balaban J connectivity index is 0.00000261. The first-order valence-corrected chi connectivity index (χ1v) is 9.39. The second kappa shape index (κ2) is 7.95. The minimum atomic E-state index is -4.89. The first kappa shape index (κ1) is 21.3. The molecule has 3 rings (SSSR count). The van der Waals surface area contributed by atoms with E-state index in [-0.39, 0.29) is 17.3 Å². The smallest absolute Gasteiger partial charge is 0.406 e. The highest BCUT2D eigenvalue weighted by Gasteiger charge is 2.32. The molecule has 0 aromatic heterocycles. The number of nitrogens with two attached hydrogens (primary N) is 1. The van der Waals surface area contributed by atoms with Gasteiger partial charge >= 0.3 is 6.36 Å². The van der Waals surface area contributed by atoms with Crippen molar-refractivity contribution < 1.29 is 26.3 Å². The molecule has 0 fully saturated rings. The van der Waals surface area contributed by atoms with Gasteiger partial charge in [-0.05, 0) is 54.7 Å². The molecule has 0 saturated carbocycles. The molecule has 10 heteroatoms. The predicted octanol–water partition coefficient (Wildman–Crippen LogP) is 3.95. The number of nitrogen functional groups attached to an aromatic ring is 1. The fourth-order valence-corrected chi connectivity index (χ4v) is 4.33. The lowest BCUT2D eigenvalue weighted by Crippen LogP contribution is -2.31. The summed E-state index contributed by atoms with van der Waals surface area (Å²) in [5, 5.41) is 0. The number of rotatable bonds is 4. The van der Waals surface area contributed by atoms with Gasteiger partial charge in [0.15, 0.2) is 0 Å². The Morgan fingerprint density at radius 3 is 2.59 bits per heavy atom. The standard InChI is InChI=1S/C17H17F3N2O3S.ClH/c18-17(19,20)25-13-4-2-5-14(10-13)26(23,24)22-16-6-1-3-11-9-12(21)7-8-15(11)16;/h2,4-5,7-10,16,22H,1,3,6,21H2;1H. The van der Waals surface area contributed by atoms with Gasteiger partial charge in [0.25, 0.3) is 0 Å². The van der Waals surface area contributed by atoms with Gasteiger partial charge in [0.2, 0.25) is 10.0 Å². The van der Waals surface area contributed by atoms with Crippen LogP contribution in [-0.4, -0.2) is 14.8 Å². The largest absolute Gasteiger partial charge is 0.573 e. The van der Waals surface area contributed by atoms with Crippen molar-refractivity contribution in [3.05, 3.63) is 53.6 Å². The van der Waals surface area contributed by atoms with Crippen LogP contribution in [0.1, 0.15) is 30.0 Å². The Bertz CT molecular complexity index is 920. The van der Waals surface area contributed by atoms with Gasteiger partial charge in [0, 0.05) is 17.8 Å². The van der Waals surface area contributed by atoms with E-state index < -0.39 is 28.2 Å². The Kier molecular flexibility index (Phi) is 6.28. The third-order valence-electron chi connectivity index (χ3n) is 4.13. The van der Waals surface area contributed by atoms with E-state index in [0.29, 0.717) is 12.1 Å². The number of fused-ring (bicyclic) bond motifs is 1. The van der Waals surface area contributed by atoms with E-state index >= 15 is 0 Å². The molecule has 2 aromatic rings. The molecule has 0 bridgehead atoms.